The van der Waals surface area contributed by atoms with Gasteiger partial charge in [-0.1, -0.05) is 12.1 Å². The molecule has 4 rings (SSSR count). The van der Waals surface area contributed by atoms with Gasteiger partial charge in [-0.2, -0.15) is 13.2 Å². The topological polar surface area (TPSA) is 58.4 Å². The van der Waals surface area contributed by atoms with Crippen LogP contribution in [0.2, 0.25) is 0 Å². The molecule has 5 nitrogen and oxygen atoms in total. The molecule has 2 heterocycles. The first-order chi connectivity index (χ1) is 13.9. The number of nitrogens with zero attached hydrogens (tertiary/aromatic N) is 2. The van der Waals surface area contributed by atoms with Crippen LogP contribution in [0.25, 0.3) is 0 Å². The maximum Gasteiger partial charge on any atom is 0.416 e. The van der Waals surface area contributed by atoms with Crippen molar-refractivity contribution in [3.63, 3.8) is 0 Å². The summed E-state index contributed by atoms with van der Waals surface area (Å²) < 4.78 is 43.3. The third-order valence-corrected chi connectivity index (χ3v) is 4.92. The molecule has 0 radical (unpaired) electrons. The van der Waals surface area contributed by atoms with Crippen LogP contribution in [0.5, 0.6) is 0 Å². The van der Waals surface area contributed by atoms with E-state index >= 15 is 0 Å². The monoisotopic (exact) mass is 401 g/mol. The maximum atomic E-state index is 12.7. The molecular weight excluding hydrogens is 383 g/mol. The molecule has 3 aromatic rings. The highest BCUT2D eigenvalue weighted by molar-refractivity contribution is 5.79. The number of alkyl halides is 3. The summed E-state index contributed by atoms with van der Waals surface area (Å²) in [6.45, 7) is 1.04. The van der Waals surface area contributed by atoms with E-state index in [4.69, 9.17) is 4.42 Å². The Morgan fingerprint density at radius 2 is 1.97 bits per heavy atom. The fourth-order valence-corrected chi connectivity index (χ4v) is 3.43. The zero-order valence-electron chi connectivity index (χ0n) is 15.4. The molecule has 1 N–H and O–H groups in total. The number of rotatable bonds is 4. The molecule has 0 aliphatic carbocycles. The van der Waals surface area contributed by atoms with Crippen molar-refractivity contribution in [1.82, 2.24) is 9.88 Å². The average Bonchev–Trinajstić information content (AvgIpc) is 3.20. The second kappa shape index (κ2) is 7.62. The number of carbonyl (C=O) groups excluding carboxylic acids is 1. The van der Waals surface area contributed by atoms with E-state index in [0.29, 0.717) is 31.0 Å². The third-order valence-electron chi connectivity index (χ3n) is 4.92. The molecule has 0 fully saturated rings. The smallest absolute Gasteiger partial charge is 0.416 e. The normalized spacial score (nSPS) is 13.8. The van der Waals surface area contributed by atoms with Crippen LogP contribution in [-0.4, -0.2) is 22.3 Å². The van der Waals surface area contributed by atoms with E-state index in [9.17, 15) is 18.0 Å². The van der Waals surface area contributed by atoms with E-state index < -0.39 is 11.7 Å². The van der Waals surface area contributed by atoms with Crippen molar-refractivity contribution in [2.24, 2.45) is 0 Å². The van der Waals surface area contributed by atoms with Crippen LogP contribution in [0.1, 0.15) is 22.5 Å². The first kappa shape index (κ1) is 19.0. The molecule has 150 valence electrons. The Hall–Kier alpha value is -3.29. The molecule has 0 bridgehead atoms. The second-order valence-electron chi connectivity index (χ2n) is 6.85. The Labute approximate surface area is 165 Å². The van der Waals surface area contributed by atoms with Crippen LogP contribution in [0.3, 0.4) is 0 Å². The molecule has 0 saturated carbocycles. The van der Waals surface area contributed by atoms with Crippen LogP contribution in [0.4, 0.5) is 24.5 Å². The van der Waals surface area contributed by atoms with Crippen molar-refractivity contribution in [2.75, 3.05) is 11.9 Å². The average molecular weight is 401 g/mol. The highest BCUT2D eigenvalue weighted by Crippen LogP contribution is 2.32. The van der Waals surface area contributed by atoms with Gasteiger partial charge in [0.25, 0.3) is 0 Å². The van der Waals surface area contributed by atoms with E-state index in [0.717, 1.165) is 28.9 Å². The van der Waals surface area contributed by atoms with Gasteiger partial charge in [0, 0.05) is 24.5 Å². The summed E-state index contributed by atoms with van der Waals surface area (Å²) in [7, 11) is 0. The summed E-state index contributed by atoms with van der Waals surface area (Å²) in [5, 5.41) is 3.20. The molecule has 0 atom stereocenters. The fraction of sp³-hybridized carbons (Fsp3) is 0.238. The lowest BCUT2D eigenvalue weighted by molar-refractivity contribution is -0.137. The van der Waals surface area contributed by atoms with Gasteiger partial charge in [-0.3, -0.25) is 4.79 Å². The first-order valence-corrected chi connectivity index (χ1v) is 9.10. The number of benzene rings is 2. The Morgan fingerprint density at radius 1 is 1.17 bits per heavy atom. The summed E-state index contributed by atoms with van der Waals surface area (Å²) >= 11 is 0. The number of halogens is 3. The van der Waals surface area contributed by atoms with Gasteiger partial charge in [0.05, 0.1) is 18.2 Å². The van der Waals surface area contributed by atoms with Gasteiger partial charge in [0.1, 0.15) is 5.76 Å². The van der Waals surface area contributed by atoms with Crippen molar-refractivity contribution >= 4 is 17.3 Å². The van der Waals surface area contributed by atoms with Gasteiger partial charge >= 0.3 is 6.18 Å². The van der Waals surface area contributed by atoms with Crippen LogP contribution >= 0.6 is 0 Å². The van der Waals surface area contributed by atoms with Crippen molar-refractivity contribution in [3.05, 3.63) is 77.5 Å². The minimum atomic E-state index is -4.36. The Balaban J connectivity index is 1.47. The minimum Gasteiger partial charge on any atom is -0.448 e. The predicted molar refractivity (Wildman–Crippen MR) is 100 cm³/mol. The Bertz CT molecular complexity index is 999. The maximum absolute atomic E-state index is 12.7. The van der Waals surface area contributed by atoms with Gasteiger partial charge < -0.3 is 14.6 Å². The number of amides is 1. The van der Waals surface area contributed by atoms with Crippen molar-refractivity contribution in [1.29, 1.82) is 0 Å². The molecule has 1 aliphatic rings. The number of aromatic nitrogens is 1. The summed E-state index contributed by atoms with van der Waals surface area (Å²) in [4.78, 5) is 18.1. The summed E-state index contributed by atoms with van der Waals surface area (Å²) in [6, 6.07) is 10.7. The molecule has 2 aromatic carbocycles. The number of hydrogen-bond donors (Lipinski definition) is 1. The van der Waals surface area contributed by atoms with E-state index in [1.165, 1.54) is 24.7 Å². The second-order valence-corrected chi connectivity index (χ2v) is 6.85. The number of carbonyl (C=O) groups is 1. The van der Waals surface area contributed by atoms with Gasteiger partial charge in [0.2, 0.25) is 5.91 Å². The summed E-state index contributed by atoms with van der Waals surface area (Å²) in [5.41, 5.74) is 2.81. The number of anilines is 2. The van der Waals surface area contributed by atoms with Crippen LogP contribution < -0.4 is 5.32 Å². The SMILES string of the molecule is O=C(Cc1cnco1)N1CCc2c(cccc2Nc2ccc(C(F)(F)F)cc2)C1. The summed E-state index contributed by atoms with van der Waals surface area (Å²) in [6.07, 6.45) is -0.707. The van der Waals surface area contributed by atoms with Gasteiger partial charge in [0.15, 0.2) is 6.39 Å². The molecule has 1 aromatic heterocycles. The van der Waals surface area contributed by atoms with E-state index in [1.807, 2.05) is 18.2 Å². The highest BCUT2D eigenvalue weighted by atomic mass is 19.4. The largest absolute Gasteiger partial charge is 0.448 e. The van der Waals surface area contributed by atoms with Gasteiger partial charge in [-0.05, 0) is 47.9 Å². The number of oxazole rings is 1. The Morgan fingerprint density at radius 3 is 2.66 bits per heavy atom. The zero-order chi connectivity index (χ0) is 20.4. The lowest BCUT2D eigenvalue weighted by Gasteiger charge is -2.30. The lowest BCUT2D eigenvalue weighted by Crippen LogP contribution is -2.37. The molecule has 1 aliphatic heterocycles. The molecule has 0 spiro atoms. The molecular formula is C21H18F3N3O2. The molecule has 0 saturated heterocycles. The van der Waals surface area contributed by atoms with Crippen LogP contribution in [0, 0.1) is 0 Å². The standard InChI is InChI=1S/C21H18F3N3O2/c22-21(23,24)15-4-6-16(7-5-15)26-19-3-1-2-14-12-27(9-8-18(14)19)20(28)10-17-11-25-13-29-17/h1-7,11,13,26H,8-10,12H2. The zero-order valence-corrected chi connectivity index (χ0v) is 15.4. The summed E-state index contributed by atoms with van der Waals surface area (Å²) in [5.74, 6) is 0.493. The van der Waals surface area contributed by atoms with Crippen LogP contribution in [0.15, 0.2) is 59.5 Å². The molecule has 8 heteroatoms. The van der Waals surface area contributed by atoms with Crippen molar-refractivity contribution in [2.45, 2.75) is 25.6 Å². The number of nitrogens with one attached hydrogen (secondary N) is 1. The van der Waals surface area contributed by atoms with E-state index in [2.05, 4.69) is 10.3 Å². The van der Waals surface area contributed by atoms with Crippen LogP contribution in [-0.2, 0) is 30.4 Å². The Kier molecular flexibility index (Phi) is 5.00. The molecule has 29 heavy (non-hydrogen) atoms. The predicted octanol–water partition coefficient (Wildman–Crippen LogP) is 4.56. The first-order valence-electron chi connectivity index (χ1n) is 9.10. The van der Waals surface area contributed by atoms with Gasteiger partial charge in [-0.25, -0.2) is 4.98 Å². The lowest BCUT2D eigenvalue weighted by atomic mass is 9.97. The number of fused-ring (bicyclic) bond motifs is 1. The number of hydrogen-bond acceptors (Lipinski definition) is 4. The van der Waals surface area contributed by atoms with Gasteiger partial charge in [-0.15, -0.1) is 0 Å². The van der Waals surface area contributed by atoms with E-state index in [1.54, 1.807) is 4.90 Å². The molecule has 1 amide bonds. The van der Waals surface area contributed by atoms with Crippen molar-refractivity contribution in [3.8, 4) is 0 Å². The van der Waals surface area contributed by atoms with E-state index in [-0.39, 0.29) is 12.3 Å². The molecule has 0 unspecified atom stereocenters. The highest BCUT2D eigenvalue weighted by Gasteiger charge is 2.30. The van der Waals surface area contributed by atoms with Crippen molar-refractivity contribution < 1.29 is 22.4 Å². The quantitative estimate of drug-likeness (QED) is 0.696. The minimum absolute atomic E-state index is 0.0338. The third kappa shape index (κ3) is 4.26. The fourth-order valence-electron chi connectivity index (χ4n) is 3.43.